The SMILES string of the molecule is COC(=O)c1ccccc1NC(=O)CSc1nnc(CCC(=O)O)c(=O)[nH]1. The van der Waals surface area contributed by atoms with Crippen LogP contribution in [-0.4, -0.2) is 51.0 Å². The summed E-state index contributed by atoms with van der Waals surface area (Å²) in [6.45, 7) is 0. The normalized spacial score (nSPS) is 10.3. The van der Waals surface area contributed by atoms with E-state index in [4.69, 9.17) is 5.11 Å². The van der Waals surface area contributed by atoms with Crippen molar-refractivity contribution in [1.29, 1.82) is 0 Å². The Labute approximate surface area is 157 Å². The van der Waals surface area contributed by atoms with Crippen molar-refractivity contribution < 1.29 is 24.2 Å². The highest BCUT2D eigenvalue weighted by atomic mass is 32.2. The molecule has 0 aliphatic heterocycles. The number of aromatic amines is 1. The van der Waals surface area contributed by atoms with Crippen molar-refractivity contribution >= 4 is 35.3 Å². The zero-order valence-corrected chi connectivity index (χ0v) is 15.0. The number of carboxylic acids is 1. The predicted molar refractivity (Wildman–Crippen MR) is 95.7 cm³/mol. The number of methoxy groups -OCH3 is 1. The van der Waals surface area contributed by atoms with E-state index in [1.807, 2.05) is 0 Å². The molecule has 10 nitrogen and oxygen atoms in total. The molecule has 11 heteroatoms. The molecule has 1 aromatic carbocycles. The summed E-state index contributed by atoms with van der Waals surface area (Å²) in [5.74, 6) is -2.13. The summed E-state index contributed by atoms with van der Waals surface area (Å²) in [6, 6.07) is 6.39. The van der Waals surface area contributed by atoms with Gasteiger partial charge in [-0.3, -0.25) is 19.4 Å². The van der Waals surface area contributed by atoms with E-state index in [1.54, 1.807) is 18.2 Å². The number of rotatable bonds is 8. The van der Waals surface area contributed by atoms with Crippen LogP contribution in [0.3, 0.4) is 0 Å². The Balaban J connectivity index is 1.96. The van der Waals surface area contributed by atoms with Gasteiger partial charge in [-0.15, -0.1) is 10.2 Å². The molecule has 1 amide bonds. The van der Waals surface area contributed by atoms with Crippen molar-refractivity contribution in [3.05, 3.63) is 45.9 Å². The number of nitrogens with zero attached hydrogens (tertiary/aromatic N) is 2. The average Bonchev–Trinajstić information content (AvgIpc) is 2.65. The first kappa shape index (κ1) is 20.1. The van der Waals surface area contributed by atoms with Crippen LogP contribution in [0.4, 0.5) is 5.69 Å². The van der Waals surface area contributed by atoms with Crippen molar-refractivity contribution in [2.45, 2.75) is 18.0 Å². The van der Waals surface area contributed by atoms with E-state index in [1.165, 1.54) is 13.2 Å². The van der Waals surface area contributed by atoms with Gasteiger partial charge in [-0.05, 0) is 12.1 Å². The number of amides is 1. The molecule has 0 bridgehead atoms. The lowest BCUT2D eigenvalue weighted by Crippen LogP contribution is -2.20. The molecule has 0 unspecified atom stereocenters. The maximum Gasteiger partial charge on any atom is 0.339 e. The number of thioether (sulfide) groups is 1. The van der Waals surface area contributed by atoms with Gasteiger partial charge in [0.05, 0.1) is 30.5 Å². The highest BCUT2D eigenvalue weighted by Crippen LogP contribution is 2.17. The molecule has 0 atom stereocenters. The number of carbonyl (C=O) groups excluding carboxylic acids is 2. The first-order valence-electron chi connectivity index (χ1n) is 7.68. The summed E-state index contributed by atoms with van der Waals surface area (Å²) in [5, 5.41) is 18.8. The number of aliphatic carboxylic acids is 1. The Hall–Kier alpha value is -3.21. The summed E-state index contributed by atoms with van der Waals surface area (Å²) >= 11 is 0.941. The number of hydrogen-bond donors (Lipinski definition) is 3. The van der Waals surface area contributed by atoms with Crippen molar-refractivity contribution in [2.24, 2.45) is 0 Å². The first-order chi connectivity index (χ1) is 12.9. The molecule has 0 saturated heterocycles. The van der Waals surface area contributed by atoms with Gasteiger partial charge in [0.25, 0.3) is 5.56 Å². The van der Waals surface area contributed by atoms with Crippen LogP contribution in [0.15, 0.2) is 34.2 Å². The molecular formula is C16H16N4O6S. The fraction of sp³-hybridized carbons (Fsp3) is 0.250. The van der Waals surface area contributed by atoms with Crippen LogP contribution in [-0.2, 0) is 20.7 Å². The number of hydrogen-bond acceptors (Lipinski definition) is 8. The van der Waals surface area contributed by atoms with Crippen LogP contribution < -0.4 is 10.9 Å². The topological polar surface area (TPSA) is 151 Å². The maximum absolute atomic E-state index is 12.1. The highest BCUT2D eigenvalue weighted by Gasteiger charge is 2.14. The monoisotopic (exact) mass is 392 g/mol. The van der Waals surface area contributed by atoms with E-state index in [9.17, 15) is 19.2 Å². The van der Waals surface area contributed by atoms with Crippen LogP contribution in [0.5, 0.6) is 0 Å². The number of aromatic nitrogens is 3. The fourth-order valence-electron chi connectivity index (χ4n) is 2.00. The first-order valence-corrected chi connectivity index (χ1v) is 8.67. The van der Waals surface area contributed by atoms with Gasteiger partial charge >= 0.3 is 11.9 Å². The molecule has 0 spiro atoms. The summed E-state index contributed by atoms with van der Waals surface area (Å²) in [5.41, 5.74) is -0.0173. The predicted octanol–water partition coefficient (Wildman–Crippen LogP) is 0.699. The Morgan fingerprint density at radius 3 is 2.67 bits per heavy atom. The molecular weight excluding hydrogens is 376 g/mol. The van der Waals surface area contributed by atoms with E-state index in [0.29, 0.717) is 5.69 Å². The van der Waals surface area contributed by atoms with Gasteiger partial charge in [0, 0.05) is 6.42 Å². The smallest absolute Gasteiger partial charge is 0.339 e. The minimum atomic E-state index is -1.04. The third-order valence-corrected chi connectivity index (χ3v) is 4.13. The Kier molecular flexibility index (Phi) is 7.06. The van der Waals surface area contributed by atoms with Gasteiger partial charge in [0.1, 0.15) is 5.69 Å². The second-order valence-corrected chi connectivity index (χ2v) is 6.14. The zero-order chi connectivity index (χ0) is 19.8. The Morgan fingerprint density at radius 2 is 2.00 bits per heavy atom. The maximum atomic E-state index is 12.1. The number of para-hydroxylation sites is 1. The number of esters is 1. The standard InChI is InChI=1S/C16H16N4O6S/c1-26-15(25)9-4-2-3-5-10(9)17-12(21)8-27-16-18-14(24)11(19-20-16)6-7-13(22)23/h2-5H,6-8H2,1H3,(H,17,21)(H,22,23)(H,18,20,24). The van der Waals surface area contributed by atoms with Crippen molar-refractivity contribution in [1.82, 2.24) is 15.2 Å². The third kappa shape index (κ3) is 5.92. The van der Waals surface area contributed by atoms with E-state index < -0.39 is 23.4 Å². The van der Waals surface area contributed by atoms with Crippen LogP contribution in [0.2, 0.25) is 0 Å². The second-order valence-electron chi connectivity index (χ2n) is 5.17. The number of carboxylic acid groups (broad SMARTS) is 1. The highest BCUT2D eigenvalue weighted by molar-refractivity contribution is 7.99. The van der Waals surface area contributed by atoms with Crippen molar-refractivity contribution in [2.75, 3.05) is 18.2 Å². The Morgan fingerprint density at radius 1 is 1.26 bits per heavy atom. The number of benzene rings is 1. The molecule has 0 fully saturated rings. The fourth-order valence-corrected chi connectivity index (χ4v) is 2.60. The van der Waals surface area contributed by atoms with Gasteiger partial charge in [0.15, 0.2) is 5.16 Å². The van der Waals surface area contributed by atoms with Gasteiger partial charge < -0.3 is 15.2 Å². The summed E-state index contributed by atoms with van der Waals surface area (Å²) in [4.78, 5) is 48.6. The molecule has 3 N–H and O–H groups in total. The average molecular weight is 392 g/mol. The number of carbonyl (C=O) groups is 3. The molecule has 2 aromatic rings. The van der Waals surface area contributed by atoms with Crippen LogP contribution >= 0.6 is 11.8 Å². The molecule has 0 aliphatic carbocycles. The molecule has 0 radical (unpaired) electrons. The molecule has 1 heterocycles. The number of anilines is 1. The van der Waals surface area contributed by atoms with Gasteiger partial charge in [-0.25, -0.2) is 4.79 Å². The lowest BCUT2D eigenvalue weighted by Gasteiger charge is -2.09. The molecule has 27 heavy (non-hydrogen) atoms. The number of nitrogens with one attached hydrogen (secondary N) is 2. The summed E-state index contributed by atoms with van der Waals surface area (Å²) in [6.07, 6.45) is -0.264. The Bertz CT molecular complexity index is 914. The van der Waals surface area contributed by atoms with E-state index in [0.717, 1.165) is 11.8 Å². The van der Waals surface area contributed by atoms with Crippen molar-refractivity contribution in [3.63, 3.8) is 0 Å². The second kappa shape index (κ2) is 9.48. The molecule has 0 aliphatic rings. The third-order valence-electron chi connectivity index (χ3n) is 3.27. The van der Waals surface area contributed by atoms with Crippen molar-refractivity contribution in [3.8, 4) is 0 Å². The van der Waals surface area contributed by atoms with Crippen LogP contribution in [0.25, 0.3) is 0 Å². The lowest BCUT2D eigenvalue weighted by molar-refractivity contribution is -0.137. The lowest BCUT2D eigenvalue weighted by atomic mass is 10.2. The minimum absolute atomic E-state index is 0.0122. The minimum Gasteiger partial charge on any atom is -0.481 e. The number of aryl methyl sites for hydroxylation is 1. The summed E-state index contributed by atoms with van der Waals surface area (Å²) < 4.78 is 4.66. The molecule has 1 aromatic heterocycles. The molecule has 142 valence electrons. The number of H-pyrrole nitrogens is 1. The molecule has 0 saturated carbocycles. The van der Waals surface area contributed by atoms with Gasteiger partial charge in [-0.2, -0.15) is 0 Å². The number of ether oxygens (including phenoxy) is 1. The van der Waals surface area contributed by atoms with E-state index >= 15 is 0 Å². The summed E-state index contributed by atoms with van der Waals surface area (Å²) in [7, 11) is 1.24. The zero-order valence-electron chi connectivity index (χ0n) is 14.2. The van der Waals surface area contributed by atoms with Gasteiger partial charge in [0.2, 0.25) is 5.91 Å². The van der Waals surface area contributed by atoms with E-state index in [2.05, 4.69) is 25.2 Å². The van der Waals surface area contributed by atoms with E-state index in [-0.39, 0.29) is 35.0 Å². The quantitative estimate of drug-likeness (QED) is 0.435. The largest absolute Gasteiger partial charge is 0.481 e. The van der Waals surface area contributed by atoms with Crippen LogP contribution in [0.1, 0.15) is 22.5 Å². The van der Waals surface area contributed by atoms with Gasteiger partial charge in [-0.1, -0.05) is 23.9 Å². The van der Waals surface area contributed by atoms with Crippen LogP contribution in [0, 0.1) is 0 Å². The molecule has 2 rings (SSSR count).